The first-order valence-electron chi connectivity index (χ1n) is 4.35. The number of hydrogen-bond acceptors (Lipinski definition) is 1. The summed E-state index contributed by atoms with van der Waals surface area (Å²) in [5, 5.41) is 0. The number of rotatable bonds is 2. The van der Waals surface area contributed by atoms with Gasteiger partial charge in [-0.15, -0.1) is 0 Å². The summed E-state index contributed by atoms with van der Waals surface area (Å²) in [6.45, 7) is 10.8. The van der Waals surface area contributed by atoms with Crippen molar-refractivity contribution in [1.29, 1.82) is 0 Å². The monoisotopic (exact) mass is 193 g/mol. The Kier molecular flexibility index (Phi) is 3.08. The highest BCUT2D eigenvalue weighted by Gasteiger charge is 2.12. The Morgan fingerprint density at radius 2 is 2.07 bits per heavy atom. The minimum atomic E-state index is -0.483. The van der Waals surface area contributed by atoms with Crippen LogP contribution in [0.25, 0.3) is 4.85 Å². The molecule has 0 saturated carbocycles. The predicted octanol–water partition coefficient (Wildman–Crippen LogP) is 3.51. The van der Waals surface area contributed by atoms with Crippen LogP contribution >= 0.6 is 0 Å². The summed E-state index contributed by atoms with van der Waals surface area (Å²) in [7, 11) is 1.42. The highest BCUT2D eigenvalue weighted by molar-refractivity contribution is 5.57. The van der Waals surface area contributed by atoms with Crippen LogP contribution in [0.5, 0.6) is 5.75 Å². The maximum absolute atomic E-state index is 13.2. The van der Waals surface area contributed by atoms with Crippen LogP contribution in [0.3, 0.4) is 0 Å². The molecule has 0 aliphatic rings. The second kappa shape index (κ2) is 4.10. The lowest BCUT2D eigenvalue weighted by Crippen LogP contribution is -1.93. The van der Waals surface area contributed by atoms with Crippen molar-refractivity contribution >= 4 is 5.69 Å². The Bertz CT molecular complexity index is 380. The van der Waals surface area contributed by atoms with Gasteiger partial charge in [0.2, 0.25) is 0 Å². The fourth-order valence-electron chi connectivity index (χ4n) is 1.27. The van der Waals surface area contributed by atoms with Crippen LogP contribution in [0.2, 0.25) is 0 Å². The maximum atomic E-state index is 13.2. The molecule has 0 aliphatic heterocycles. The lowest BCUT2D eigenvalue weighted by Gasteiger charge is -2.10. The molecule has 1 aromatic rings. The SMILES string of the molecule is [C-]#[N+]c1cc(F)c(OC)cc1C(C)C. The van der Waals surface area contributed by atoms with Gasteiger partial charge < -0.3 is 4.74 Å². The van der Waals surface area contributed by atoms with E-state index in [1.165, 1.54) is 13.2 Å². The molecule has 0 N–H and O–H groups in total. The Morgan fingerprint density at radius 1 is 1.43 bits per heavy atom. The van der Waals surface area contributed by atoms with Gasteiger partial charge in [0.25, 0.3) is 0 Å². The third kappa shape index (κ3) is 1.85. The van der Waals surface area contributed by atoms with E-state index in [2.05, 4.69) is 4.85 Å². The first-order valence-corrected chi connectivity index (χ1v) is 4.35. The molecule has 74 valence electrons. The van der Waals surface area contributed by atoms with E-state index in [-0.39, 0.29) is 11.7 Å². The Morgan fingerprint density at radius 3 is 2.50 bits per heavy atom. The van der Waals surface area contributed by atoms with E-state index in [0.29, 0.717) is 5.69 Å². The van der Waals surface area contributed by atoms with E-state index in [4.69, 9.17) is 11.3 Å². The third-order valence-corrected chi connectivity index (χ3v) is 2.04. The summed E-state index contributed by atoms with van der Waals surface area (Å²) >= 11 is 0. The number of methoxy groups -OCH3 is 1. The Balaban J connectivity index is 3.34. The topological polar surface area (TPSA) is 13.6 Å². The van der Waals surface area contributed by atoms with E-state index >= 15 is 0 Å². The molecule has 0 fully saturated rings. The summed E-state index contributed by atoms with van der Waals surface area (Å²) < 4.78 is 18.1. The van der Waals surface area contributed by atoms with Gasteiger partial charge in [0.15, 0.2) is 17.3 Å². The number of hydrogen-bond donors (Lipinski definition) is 0. The second-order valence-corrected chi connectivity index (χ2v) is 3.31. The Hall–Kier alpha value is -1.56. The summed E-state index contributed by atoms with van der Waals surface area (Å²) in [6.07, 6.45) is 0. The molecule has 0 radical (unpaired) electrons. The zero-order chi connectivity index (χ0) is 10.7. The van der Waals surface area contributed by atoms with Crippen molar-refractivity contribution in [2.24, 2.45) is 0 Å². The molecular formula is C11H12FNO. The van der Waals surface area contributed by atoms with Crippen LogP contribution in [-0.2, 0) is 0 Å². The lowest BCUT2D eigenvalue weighted by atomic mass is 10.0. The van der Waals surface area contributed by atoms with Gasteiger partial charge in [-0.2, -0.15) is 0 Å². The summed E-state index contributed by atoms with van der Waals surface area (Å²) in [5.41, 5.74) is 1.18. The van der Waals surface area contributed by atoms with Gasteiger partial charge in [-0.3, -0.25) is 0 Å². The number of halogens is 1. The molecule has 0 bridgehead atoms. The standard InChI is InChI=1S/C11H12FNO/c1-7(2)8-5-11(14-4)9(12)6-10(8)13-3/h5-7H,1-2,4H3. The molecule has 0 heterocycles. The lowest BCUT2D eigenvalue weighted by molar-refractivity contribution is 0.386. The molecule has 0 aliphatic carbocycles. The first kappa shape index (κ1) is 10.5. The summed E-state index contributed by atoms with van der Waals surface area (Å²) in [4.78, 5) is 3.28. The van der Waals surface area contributed by atoms with Crippen molar-refractivity contribution in [3.63, 3.8) is 0 Å². The van der Waals surface area contributed by atoms with Crippen LogP contribution in [0.4, 0.5) is 10.1 Å². The molecular weight excluding hydrogens is 181 g/mol. The first-order chi connectivity index (χ1) is 6.60. The van der Waals surface area contributed by atoms with Crippen LogP contribution < -0.4 is 4.74 Å². The zero-order valence-electron chi connectivity index (χ0n) is 8.47. The fourth-order valence-corrected chi connectivity index (χ4v) is 1.27. The van der Waals surface area contributed by atoms with Crippen LogP contribution in [0.1, 0.15) is 25.3 Å². The van der Waals surface area contributed by atoms with Gasteiger partial charge in [0.1, 0.15) is 0 Å². The normalized spacial score (nSPS) is 10.0. The van der Waals surface area contributed by atoms with Gasteiger partial charge in [-0.05, 0) is 23.6 Å². The minimum absolute atomic E-state index is 0.189. The van der Waals surface area contributed by atoms with Crippen molar-refractivity contribution in [3.05, 3.63) is 34.9 Å². The molecule has 3 heteroatoms. The highest BCUT2D eigenvalue weighted by Crippen LogP contribution is 2.32. The second-order valence-electron chi connectivity index (χ2n) is 3.31. The minimum Gasteiger partial charge on any atom is -0.494 e. The van der Waals surface area contributed by atoms with E-state index in [0.717, 1.165) is 5.56 Å². The average Bonchev–Trinajstić information content (AvgIpc) is 2.16. The van der Waals surface area contributed by atoms with E-state index in [1.807, 2.05) is 13.8 Å². The van der Waals surface area contributed by atoms with Crippen LogP contribution in [0.15, 0.2) is 12.1 Å². The number of nitrogens with zero attached hydrogens (tertiary/aromatic N) is 1. The summed E-state index contributed by atoms with van der Waals surface area (Å²) in [6, 6.07) is 2.81. The molecule has 14 heavy (non-hydrogen) atoms. The van der Waals surface area contributed by atoms with Crippen molar-refractivity contribution in [1.82, 2.24) is 0 Å². The molecule has 2 nitrogen and oxygen atoms in total. The van der Waals surface area contributed by atoms with E-state index in [9.17, 15) is 4.39 Å². The number of benzene rings is 1. The van der Waals surface area contributed by atoms with Crippen molar-refractivity contribution in [2.45, 2.75) is 19.8 Å². The van der Waals surface area contributed by atoms with Gasteiger partial charge in [-0.1, -0.05) is 13.8 Å². The van der Waals surface area contributed by atoms with Gasteiger partial charge in [0, 0.05) is 0 Å². The largest absolute Gasteiger partial charge is 0.494 e. The van der Waals surface area contributed by atoms with Crippen molar-refractivity contribution in [2.75, 3.05) is 7.11 Å². The molecule has 0 saturated heterocycles. The van der Waals surface area contributed by atoms with E-state index < -0.39 is 5.82 Å². The van der Waals surface area contributed by atoms with E-state index in [1.54, 1.807) is 6.07 Å². The van der Waals surface area contributed by atoms with Crippen molar-refractivity contribution < 1.29 is 9.13 Å². The van der Waals surface area contributed by atoms with Gasteiger partial charge in [0.05, 0.1) is 13.7 Å². The Labute approximate surface area is 83.1 Å². The van der Waals surface area contributed by atoms with Gasteiger partial charge >= 0.3 is 0 Å². The highest BCUT2D eigenvalue weighted by atomic mass is 19.1. The summed E-state index contributed by atoms with van der Waals surface area (Å²) in [5.74, 6) is -0.0994. The molecule has 0 spiro atoms. The number of ether oxygens (including phenoxy) is 1. The molecule has 0 amide bonds. The predicted molar refractivity (Wildman–Crippen MR) is 53.3 cm³/mol. The molecule has 1 rings (SSSR count). The molecule has 0 atom stereocenters. The van der Waals surface area contributed by atoms with Crippen LogP contribution in [0, 0.1) is 12.4 Å². The third-order valence-electron chi connectivity index (χ3n) is 2.04. The van der Waals surface area contributed by atoms with Crippen LogP contribution in [-0.4, -0.2) is 7.11 Å². The maximum Gasteiger partial charge on any atom is 0.193 e. The molecule has 0 unspecified atom stereocenters. The smallest absolute Gasteiger partial charge is 0.193 e. The quantitative estimate of drug-likeness (QED) is 0.655. The molecule has 0 aromatic heterocycles. The zero-order valence-corrected chi connectivity index (χ0v) is 8.47. The van der Waals surface area contributed by atoms with Crippen molar-refractivity contribution in [3.8, 4) is 5.75 Å². The molecule has 1 aromatic carbocycles. The average molecular weight is 193 g/mol. The van der Waals surface area contributed by atoms with Gasteiger partial charge in [-0.25, -0.2) is 9.24 Å². The fraction of sp³-hybridized carbons (Fsp3) is 0.364.